The second kappa shape index (κ2) is 15.4. The number of alkyl halides is 3. The first-order chi connectivity index (χ1) is 19.5. The molecular formula is C28H31F3O9S. The molecule has 0 amide bonds. The first-order valence-corrected chi connectivity index (χ1v) is 13.9. The minimum Gasteiger partial charge on any atom is -0.394 e. The largest absolute Gasteiger partial charge is 0.522 e. The highest BCUT2D eigenvalue weighted by Crippen LogP contribution is 2.29. The van der Waals surface area contributed by atoms with Gasteiger partial charge in [0, 0.05) is 0 Å². The Kier molecular flexibility index (Phi) is 12.2. The molecule has 4 rings (SSSR count). The van der Waals surface area contributed by atoms with E-state index in [2.05, 4.69) is 0 Å². The Balaban J connectivity index is 0.000000507. The molecule has 3 N–H and O–H groups in total. The minimum atomic E-state index is -5.84. The van der Waals surface area contributed by atoms with Crippen molar-refractivity contribution in [1.82, 2.24) is 0 Å². The van der Waals surface area contributed by atoms with Gasteiger partial charge in [0.05, 0.1) is 26.4 Å². The van der Waals surface area contributed by atoms with Crippen LogP contribution in [0.1, 0.15) is 16.7 Å². The molecule has 0 spiro atoms. The van der Waals surface area contributed by atoms with Gasteiger partial charge in [-0.05, 0) is 16.7 Å². The number of rotatable bonds is 10. The van der Waals surface area contributed by atoms with E-state index in [1.807, 2.05) is 91.0 Å². The molecule has 0 aliphatic carbocycles. The van der Waals surface area contributed by atoms with Crippen molar-refractivity contribution in [3.8, 4) is 0 Å². The lowest BCUT2D eigenvalue weighted by Crippen LogP contribution is -2.61. The summed E-state index contributed by atoms with van der Waals surface area (Å²) >= 11 is 0. The van der Waals surface area contributed by atoms with Crippen LogP contribution < -0.4 is 0 Å². The summed E-state index contributed by atoms with van der Waals surface area (Å²) in [4.78, 5) is 0. The number of hydrogen-bond acceptors (Lipinski definition) is 8. The van der Waals surface area contributed by atoms with Gasteiger partial charge in [-0.3, -0.25) is 4.55 Å². The van der Waals surface area contributed by atoms with E-state index in [0.717, 1.165) is 16.7 Å². The molecule has 0 saturated carbocycles. The molecule has 41 heavy (non-hydrogen) atoms. The topological polar surface area (TPSA) is 132 Å². The standard InChI is InChI=1S/C27H30O6.CHF3O3S/c28-16-23-24(30-17-20-10-4-1-5-11-20)25(31-18-21-12-6-2-7-13-21)26(27(29)33-23)32-19-22-14-8-3-9-15-22;2-1(3,4)8(5,6)7/h1-15,23-29H,16-19H2;(H,5,6,7)/t23-,24-,25+,26-,27-;/m1./s1. The maximum atomic E-state index is 10.7. The fourth-order valence-corrected chi connectivity index (χ4v) is 3.91. The summed E-state index contributed by atoms with van der Waals surface area (Å²) in [6, 6.07) is 29.3. The second-order valence-corrected chi connectivity index (χ2v) is 10.4. The number of aliphatic hydroxyl groups excluding tert-OH is 2. The van der Waals surface area contributed by atoms with Crippen LogP contribution in [0.3, 0.4) is 0 Å². The monoisotopic (exact) mass is 600 g/mol. The van der Waals surface area contributed by atoms with Gasteiger partial charge in [0.2, 0.25) is 0 Å². The third kappa shape index (κ3) is 10.2. The molecule has 1 saturated heterocycles. The summed E-state index contributed by atoms with van der Waals surface area (Å²) in [5.41, 5.74) is -2.59. The third-order valence-corrected chi connectivity index (χ3v) is 6.52. The van der Waals surface area contributed by atoms with Crippen LogP contribution in [0.15, 0.2) is 91.0 Å². The highest BCUT2D eigenvalue weighted by Gasteiger charge is 2.47. The summed E-state index contributed by atoms with van der Waals surface area (Å²) in [7, 11) is -5.84. The van der Waals surface area contributed by atoms with Crippen molar-refractivity contribution in [3.05, 3.63) is 108 Å². The smallest absolute Gasteiger partial charge is 0.394 e. The molecule has 5 atom stereocenters. The first-order valence-electron chi connectivity index (χ1n) is 12.4. The van der Waals surface area contributed by atoms with Crippen LogP contribution >= 0.6 is 0 Å². The van der Waals surface area contributed by atoms with Crippen molar-refractivity contribution in [1.29, 1.82) is 0 Å². The molecular weight excluding hydrogens is 569 g/mol. The molecule has 1 aliphatic rings. The van der Waals surface area contributed by atoms with E-state index in [4.69, 9.17) is 31.9 Å². The van der Waals surface area contributed by atoms with Gasteiger partial charge < -0.3 is 29.2 Å². The number of benzene rings is 3. The van der Waals surface area contributed by atoms with Crippen molar-refractivity contribution < 1.29 is 55.3 Å². The highest BCUT2D eigenvalue weighted by molar-refractivity contribution is 7.86. The van der Waals surface area contributed by atoms with Crippen LogP contribution in [0, 0.1) is 0 Å². The lowest BCUT2D eigenvalue weighted by molar-refractivity contribution is -0.315. The van der Waals surface area contributed by atoms with Crippen molar-refractivity contribution in [2.24, 2.45) is 0 Å². The molecule has 0 radical (unpaired) electrons. The summed E-state index contributed by atoms with van der Waals surface area (Å²) in [5, 5.41) is 20.7. The van der Waals surface area contributed by atoms with Gasteiger partial charge in [0.1, 0.15) is 24.4 Å². The maximum Gasteiger partial charge on any atom is 0.522 e. The molecule has 1 fully saturated rings. The van der Waals surface area contributed by atoms with Crippen LogP contribution in [-0.4, -0.2) is 66.0 Å². The SMILES string of the molecule is O=S(=O)(O)C(F)(F)F.OC[C@H]1O[C@@H](O)[C@H](OCc2ccccc2)[C@@H](OCc2ccccc2)[C@@H]1OCc1ccccc1. The third-order valence-electron chi connectivity index (χ3n) is 5.94. The normalized spacial score (nSPS) is 22.9. The van der Waals surface area contributed by atoms with Crippen LogP contribution in [0.4, 0.5) is 13.2 Å². The fourth-order valence-electron chi connectivity index (χ4n) is 3.91. The van der Waals surface area contributed by atoms with Crippen molar-refractivity contribution in [2.45, 2.75) is 56.0 Å². The van der Waals surface area contributed by atoms with Gasteiger partial charge in [-0.25, -0.2) is 0 Å². The van der Waals surface area contributed by atoms with E-state index in [9.17, 15) is 23.4 Å². The number of ether oxygens (including phenoxy) is 4. The Morgan fingerprint density at radius 1 is 0.683 bits per heavy atom. The molecule has 3 aromatic carbocycles. The Labute approximate surface area is 235 Å². The van der Waals surface area contributed by atoms with Gasteiger partial charge in [0.15, 0.2) is 6.29 Å². The van der Waals surface area contributed by atoms with Gasteiger partial charge in [-0.2, -0.15) is 21.6 Å². The summed E-state index contributed by atoms with van der Waals surface area (Å²) in [6.07, 6.45) is -4.09. The molecule has 1 heterocycles. The van der Waals surface area contributed by atoms with Crippen molar-refractivity contribution in [2.75, 3.05) is 6.61 Å². The number of aliphatic hydroxyl groups is 2. The predicted octanol–water partition coefficient (Wildman–Crippen LogP) is 3.85. The zero-order valence-electron chi connectivity index (χ0n) is 21.7. The molecule has 0 aromatic heterocycles. The van der Waals surface area contributed by atoms with Crippen LogP contribution in [0.25, 0.3) is 0 Å². The van der Waals surface area contributed by atoms with Crippen LogP contribution in [0.5, 0.6) is 0 Å². The quantitative estimate of drug-likeness (QED) is 0.235. The summed E-state index contributed by atoms with van der Waals surface area (Å²) < 4.78 is 81.8. The van der Waals surface area contributed by atoms with Gasteiger partial charge >= 0.3 is 15.6 Å². The van der Waals surface area contributed by atoms with Gasteiger partial charge in [0.25, 0.3) is 0 Å². The lowest BCUT2D eigenvalue weighted by atomic mass is 9.98. The molecule has 9 nitrogen and oxygen atoms in total. The molecule has 1 aliphatic heterocycles. The number of halogens is 3. The Bertz CT molecular complexity index is 1260. The second-order valence-electron chi connectivity index (χ2n) is 8.95. The van der Waals surface area contributed by atoms with Crippen LogP contribution in [-0.2, 0) is 48.9 Å². The molecule has 3 aromatic rings. The Morgan fingerprint density at radius 3 is 1.37 bits per heavy atom. The first kappa shape index (κ1) is 32.6. The Hall–Kier alpha value is -2.88. The number of hydrogen-bond donors (Lipinski definition) is 3. The van der Waals surface area contributed by atoms with E-state index < -0.39 is 46.3 Å². The Morgan fingerprint density at radius 2 is 1.02 bits per heavy atom. The van der Waals surface area contributed by atoms with E-state index in [0.29, 0.717) is 13.2 Å². The van der Waals surface area contributed by atoms with E-state index in [-0.39, 0.29) is 13.2 Å². The predicted molar refractivity (Wildman–Crippen MR) is 141 cm³/mol. The van der Waals surface area contributed by atoms with Crippen molar-refractivity contribution in [3.63, 3.8) is 0 Å². The highest BCUT2D eigenvalue weighted by atomic mass is 32.2. The van der Waals surface area contributed by atoms with Crippen LogP contribution in [0.2, 0.25) is 0 Å². The molecule has 0 bridgehead atoms. The molecule has 0 unspecified atom stereocenters. The minimum absolute atomic E-state index is 0.284. The summed E-state index contributed by atoms with van der Waals surface area (Å²) in [5.74, 6) is 0. The zero-order chi connectivity index (χ0) is 29.9. The molecule has 224 valence electrons. The zero-order valence-corrected chi connectivity index (χ0v) is 22.5. The molecule has 13 heteroatoms. The maximum absolute atomic E-state index is 10.7. The summed E-state index contributed by atoms with van der Waals surface area (Å²) in [6.45, 7) is 0.601. The lowest BCUT2D eigenvalue weighted by Gasteiger charge is -2.44. The van der Waals surface area contributed by atoms with Crippen molar-refractivity contribution >= 4 is 10.1 Å². The van der Waals surface area contributed by atoms with Gasteiger partial charge in [-0.1, -0.05) is 91.0 Å². The van der Waals surface area contributed by atoms with Gasteiger partial charge in [-0.15, -0.1) is 0 Å². The van der Waals surface area contributed by atoms with E-state index >= 15 is 0 Å². The fraction of sp³-hybridized carbons (Fsp3) is 0.357. The average Bonchev–Trinajstić information content (AvgIpc) is 2.95. The van der Waals surface area contributed by atoms with E-state index in [1.165, 1.54) is 0 Å². The average molecular weight is 601 g/mol. The van der Waals surface area contributed by atoms with E-state index in [1.54, 1.807) is 0 Å².